The van der Waals surface area contributed by atoms with Gasteiger partial charge >= 0.3 is 12.1 Å². The number of pyridine rings is 1. The van der Waals surface area contributed by atoms with Gasteiger partial charge < -0.3 is 20.3 Å². The van der Waals surface area contributed by atoms with E-state index in [0.717, 1.165) is 5.39 Å². The summed E-state index contributed by atoms with van der Waals surface area (Å²) in [6.07, 6.45) is -1.71. The molecule has 8 nitrogen and oxygen atoms in total. The number of carboxylic acids is 1. The number of para-hydroxylation sites is 1. The third-order valence-corrected chi connectivity index (χ3v) is 5.06. The van der Waals surface area contributed by atoms with E-state index in [1.807, 2.05) is 24.3 Å². The summed E-state index contributed by atoms with van der Waals surface area (Å²) in [7, 11) is 0. The van der Waals surface area contributed by atoms with Crippen LogP contribution in [0.2, 0.25) is 0 Å². The molecule has 4 aromatic rings. The van der Waals surface area contributed by atoms with Crippen molar-refractivity contribution in [3.63, 3.8) is 0 Å². The average Bonchev–Trinajstić information content (AvgIpc) is 2.77. The Morgan fingerprint density at radius 3 is 2.41 bits per heavy atom. The molecule has 4 rings (SSSR count). The van der Waals surface area contributed by atoms with Crippen molar-refractivity contribution in [2.45, 2.75) is 32.6 Å². The van der Waals surface area contributed by atoms with Crippen LogP contribution in [0.3, 0.4) is 0 Å². The second-order valence-corrected chi connectivity index (χ2v) is 8.84. The summed E-state index contributed by atoms with van der Waals surface area (Å²) >= 11 is 0. The van der Waals surface area contributed by atoms with E-state index in [1.54, 1.807) is 51.1 Å². The van der Waals surface area contributed by atoms with Gasteiger partial charge in [-0.1, -0.05) is 30.3 Å². The molecular weight excluding hydrogens is 434 g/mol. The maximum absolute atomic E-state index is 12.1. The average molecular weight is 460 g/mol. The Morgan fingerprint density at radius 2 is 1.68 bits per heavy atom. The monoisotopic (exact) mass is 459 g/mol. The van der Waals surface area contributed by atoms with E-state index < -0.39 is 23.9 Å². The number of amides is 1. The standard InChI is InChI=1S/C26H25N3O5/c1-26(2,3)34-25(33)27-17-8-6-7-15(13-17)23(30)29-22-18-9-4-5-10-20(18)28-21-14-16(24(31)32)11-12-19(21)22/h4-14,23,30H,1-3H3,(H,27,33)(H,28,29)(H,31,32). The van der Waals surface area contributed by atoms with Gasteiger partial charge in [-0.15, -0.1) is 0 Å². The van der Waals surface area contributed by atoms with Gasteiger partial charge in [0.2, 0.25) is 0 Å². The van der Waals surface area contributed by atoms with E-state index in [0.29, 0.717) is 33.4 Å². The quantitative estimate of drug-likeness (QED) is 0.228. The molecule has 1 aromatic heterocycles. The molecular formula is C26H25N3O5. The van der Waals surface area contributed by atoms with Gasteiger partial charge in [-0.3, -0.25) is 5.32 Å². The SMILES string of the molecule is CC(C)(C)OC(=O)Nc1cccc(C(O)Nc2c3ccccc3nc3cc(C(=O)O)ccc23)c1. The number of carbonyl (C=O) groups excluding carboxylic acids is 1. The van der Waals surface area contributed by atoms with Crippen LogP contribution in [0.1, 0.15) is 42.9 Å². The first-order chi connectivity index (χ1) is 16.1. The first-order valence-corrected chi connectivity index (χ1v) is 10.7. The van der Waals surface area contributed by atoms with Crippen molar-refractivity contribution in [2.75, 3.05) is 10.6 Å². The highest BCUT2D eigenvalue weighted by molar-refractivity contribution is 6.08. The lowest BCUT2D eigenvalue weighted by Gasteiger charge is -2.21. The molecule has 0 fully saturated rings. The van der Waals surface area contributed by atoms with Crippen LogP contribution in [-0.2, 0) is 4.74 Å². The molecule has 0 bridgehead atoms. The number of hydrogen-bond donors (Lipinski definition) is 4. The lowest BCUT2D eigenvalue weighted by molar-refractivity contribution is 0.0634. The highest BCUT2D eigenvalue weighted by atomic mass is 16.6. The van der Waals surface area contributed by atoms with E-state index in [1.165, 1.54) is 12.1 Å². The molecule has 0 saturated heterocycles. The molecule has 1 amide bonds. The molecule has 1 unspecified atom stereocenters. The number of aromatic nitrogens is 1. The fourth-order valence-electron chi connectivity index (χ4n) is 3.61. The normalized spacial score (nSPS) is 12.4. The summed E-state index contributed by atoms with van der Waals surface area (Å²) in [5, 5.41) is 27.6. The highest BCUT2D eigenvalue weighted by Crippen LogP contribution is 2.33. The molecule has 3 aromatic carbocycles. The molecule has 0 aliphatic heterocycles. The number of anilines is 2. The van der Waals surface area contributed by atoms with E-state index in [9.17, 15) is 19.8 Å². The van der Waals surface area contributed by atoms with Crippen molar-refractivity contribution in [3.8, 4) is 0 Å². The number of aliphatic hydroxyl groups excluding tert-OH is 1. The van der Waals surface area contributed by atoms with Crippen molar-refractivity contribution in [1.82, 2.24) is 4.98 Å². The molecule has 4 N–H and O–H groups in total. The first kappa shape index (κ1) is 23.0. The van der Waals surface area contributed by atoms with Crippen molar-refractivity contribution < 1.29 is 24.5 Å². The zero-order valence-electron chi connectivity index (χ0n) is 19.0. The number of nitrogens with zero attached hydrogens (tertiary/aromatic N) is 1. The Balaban J connectivity index is 1.68. The molecule has 1 heterocycles. The molecule has 0 spiro atoms. The Hall–Kier alpha value is -4.17. The first-order valence-electron chi connectivity index (χ1n) is 10.7. The van der Waals surface area contributed by atoms with Gasteiger partial charge in [-0.05, 0) is 57.2 Å². The Morgan fingerprint density at radius 1 is 0.941 bits per heavy atom. The fraction of sp³-hybridized carbons (Fsp3) is 0.192. The number of fused-ring (bicyclic) bond motifs is 2. The third kappa shape index (κ3) is 5.07. The van der Waals surface area contributed by atoms with Crippen LogP contribution in [-0.4, -0.2) is 32.9 Å². The van der Waals surface area contributed by atoms with E-state index in [2.05, 4.69) is 15.6 Å². The summed E-state index contributed by atoms with van der Waals surface area (Å²) in [5.41, 5.74) is 2.26. The number of carboxylic acid groups (broad SMARTS) is 1. The number of nitrogens with one attached hydrogen (secondary N) is 2. The van der Waals surface area contributed by atoms with Crippen LogP contribution in [0.25, 0.3) is 21.8 Å². The third-order valence-electron chi connectivity index (χ3n) is 5.06. The van der Waals surface area contributed by atoms with E-state index in [-0.39, 0.29) is 5.56 Å². The van der Waals surface area contributed by atoms with Crippen LogP contribution in [0.4, 0.5) is 16.2 Å². The predicted octanol–water partition coefficient (Wildman–Crippen LogP) is 5.54. The van der Waals surface area contributed by atoms with Crippen LogP contribution in [0.5, 0.6) is 0 Å². The van der Waals surface area contributed by atoms with E-state index >= 15 is 0 Å². The van der Waals surface area contributed by atoms with Crippen LogP contribution < -0.4 is 10.6 Å². The van der Waals surface area contributed by atoms with Gasteiger partial charge in [-0.25, -0.2) is 14.6 Å². The number of hydrogen-bond acceptors (Lipinski definition) is 6. The van der Waals surface area contributed by atoms with Crippen LogP contribution in [0, 0.1) is 0 Å². The van der Waals surface area contributed by atoms with Crippen LogP contribution in [0.15, 0.2) is 66.7 Å². The molecule has 8 heteroatoms. The Bertz CT molecular complexity index is 1390. The van der Waals surface area contributed by atoms with Gasteiger partial charge in [0.05, 0.1) is 22.3 Å². The Kier molecular flexibility index (Phi) is 6.08. The molecule has 0 aliphatic carbocycles. The largest absolute Gasteiger partial charge is 0.478 e. The van der Waals surface area contributed by atoms with Crippen molar-refractivity contribution in [3.05, 3.63) is 77.9 Å². The number of carbonyl (C=O) groups is 2. The lowest BCUT2D eigenvalue weighted by atomic mass is 10.0. The lowest BCUT2D eigenvalue weighted by Crippen LogP contribution is -2.27. The summed E-state index contributed by atoms with van der Waals surface area (Å²) < 4.78 is 5.28. The highest BCUT2D eigenvalue weighted by Gasteiger charge is 2.18. The zero-order chi connectivity index (χ0) is 24.5. The van der Waals surface area contributed by atoms with Crippen molar-refractivity contribution in [1.29, 1.82) is 0 Å². The van der Waals surface area contributed by atoms with Gasteiger partial charge in [0.15, 0.2) is 6.23 Å². The summed E-state index contributed by atoms with van der Waals surface area (Å²) in [4.78, 5) is 28.1. The second kappa shape index (κ2) is 8.99. The zero-order valence-corrected chi connectivity index (χ0v) is 19.0. The van der Waals surface area contributed by atoms with Crippen molar-refractivity contribution >= 4 is 45.2 Å². The molecule has 34 heavy (non-hydrogen) atoms. The van der Waals surface area contributed by atoms with E-state index in [4.69, 9.17) is 4.74 Å². The summed E-state index contributed by atoms with van der Waals surface area (Å²) in [5.74, 6) is -1.04. The summed E-state index contributed by atoms with van der Waals surface area (Å²) in [6, 6.07) is 18.9. The summed E-state index contributed by atoms with van der Waals surface area (Å²) in [6.45, 7) is 5.33. The maximum atomic E-state index is 12.1. The molecule has 1 atom stereocenters. The number of aromatic carboxylic acids is 1. The number of ether oxygens (including phenoxy) is 1. The predicted molar refractivity (Wildman–Crippen MR) is 131 cm³/mol. The van der Waals surface area contributed by atoms with Crippen LogP contribution >= 0.6 is 0 Å². The van der Waals surface area contributed by atoms with Gasteiger partial charge in [0.1, 0.15) is 5.60 Å². The fourth-order valence-corrected chi connectivity index (χ4v) is 3.61. The minimum absolute atomic E-state index is 0.127. The molecule has 0 radical (unpaired) electrons. The number of rotatable bonds is 5. The Labute approximate surface area is 196 Å². The maximum Gasteiger partial charge on any atom is 0.412 e. The second-order valence-electron chi connectivity index (χ2n) is 8.84. The van der Waals surface area contributed by atoms with Gasteiger partial charge in [0, 0.05) is 22.0 Å². The molecule has 174 valence electrons. The molecule has 0 saturated carbocycles. The minimum atomic E-state index is -1.12. The smallest absolute Gasteiger partial charge is 0.412 e. The van der Waals surface area contributed by atoms with Gasteiger partial charge in [-0.2, -0.15) is 0 Å². The topological polar surface area (TPSA) is 121 Å². The number of aliphatic hydroxyl groups is 1. The van der Waals surface area contributed by atoms with Gasteiger partial charge in [0.25, 0.3) is 0 Å². The molecule has 0 aliphatic rings. The van der Waals surface area contributed by atoms with Crippen molar-refractivity contribution in [2.24, 2.45) is 0 Å². The minimum Gasteiger partial charge on any atom is -0.478 e. The number of benzene rings is 3.